The zero-order valence-corrected chi connectivity index (χ0v) is 8.93. The summed E-state index contributed by atoms with van der Waals surface area (Å²) in [6.45, 7) is 0. The Kier molecular flexibility index (Phi) is 3.14. The van der Waals surface area contributed by atoms with Gasteiger partial charge in [-0.3, -0.25) is 4.98 Å². The first-order chi connectivity index (χ1) is 8.15. The van der Waals surface area contributed by atoms with Crippen LogP contribution >= 0.6 is 0 Å². The fourth-order valence-electron chi connectivity index (χ4n) is 1.59. The average molecular weight is 231 g/mol. The van der Waals surface area contributed by atoms with Gasteiger partial charge in [-0.2, -0.15) is 0 Å². The molecule has 0 radical (unpaired) electrons. The molecule has 3 nitrogen and oxygen atoms in total. The number of benzene rings is 1. The standard InChI is InChI=1S/C13H10FNO2/c14-11-6-9(5-10(8-11)13(16)17)7-12-3-1-2-4-15-12/h1-6,8H,7H2,(H,16,17). The molecule has 86 valence electrons. The maximum atomic E-state index is 13.2. The Morgan fingerprint density at radius 2 is 2.12 bits per heavy atom. The van der Waals surface area contributed by atoms with Gasteiger partial charge >= 0.3 is 5.97 Å². The van der Waals surface area contributed by atoms with E-state index in [1.54, 1.807) is 12.3 Å². The maximum absolute atomic E-state index is 13.2. The molecule has 0 aliphatic carbocycles. The van der Waals surface area contributed by atoms with Crippen molar-refractivity contribution in [1.29, 1.82) is 0 Å². The summed E-state index contributed by atoms with van der Waals surface area (Å²) in [5, 5.41) is 8.82. The first kappa shape index (κ1) is 11.3. The molecule has 4 heteroatoms. The van der Waals surface area contributed by atoms with Crippen LogP contribution in [0.4, 0.5) is 4.39 Å². The number of aromatic carboxylic acids is 1. The van der Waals surface area contributed by atoms with E-state index < -0.39 is 11.8 Å². The molecule has 0 unspecified atom stereocenters. The highest BCUT2D eigenvalue weighted by molar-refractivity contribution is 5.87. The van der Waals surface area contributed by atoms with Crippen LogP contribution in [-0.2, 0) is 6.42 Å². The van der Waals surface area contributed by atoms with Crippen molar-refractivity contribution in [3.63, 3.8) is 0 Å². The summed E-state index contributed by atoms with van der Waals surface area (Å²) >= 11 is 0. The minimum atomic E-state index is -1.13. The van der Waals surface area contributed by atoms with Crippen LogP contribution in [0.5, 0.6) is 0 Å². The Hall–Kier alpha value is -2.23. The molecule has 0 fully saturated rings. The Labute approximate surface area is 97.6 Å². The molecular weight excluding hydrogens is 221 g/mol. The van der Waals surface area contributed by atoms with Crippen molar-refractivity contribution in [1.82, 2.24) is 4.98 Å². The first-order valence-corrected chi connectivity index (χ1v) is 5.08. The van der Waals surface area contributed by atoms with Crippen LogP contribution in [0.3, 0.4) is 0 Å². The summed E-state index contributed by atoms with van der Waals surface area (Å²) in [5.74, 6) is -1.68. The number of halogens is 1. The minimum Gasteiger partial charge on any atom is -0.478 e. The van der Waals surface area contributed by atoms with Crippen LogP contribution in [-0.4, -0.2) is 16.1 Å². The predicted octanol–water partition coefficient (Wildman–Crippen LogP) is 2.51. The summed E-state index contributed by atoms with van der Waals surface area (Å²) < 4.78 is 13.2. The highest BCUT2D eigenvalue weighted by Gasteiger charge is 2.07. The number of hydrogen-bond acceptors (Lipinski definition) is 2. The van der Waals surface area contributed by atoms with E-state index in [1.165, 1.54) is 12.1 Å². The smallest absolute Gasteiger partial charge is 0.335 e. The fourth-order valence-corrected chi connectivity index (χ4v) is 1.59. The zero-order chi connectivity index (χ0) is 12.3. The van der Waals surface area contributed by atoms with E-state index in [9.17, 15) is 9.18 Å². The van der Waals surface area contributed by atoms with Crippen LogP contribution in [0, 0.1) is 5.82 Å². The molecule has 0 aliphatic rings. The van der Waals surface area contributed by atoms with Gasteiger partial charge < -0.3 is 5.11 Å². The van der Waals surface area contributed by atoms with Gasteiger partial charge in [-0.15, -0.1) is 0 Å². The lowest BCUT2D eigenvalue weighted by atomic mass is 10.1. The molecule has 2 aromatic rings. The Bertz CT molecular complexity index is 540. The van der Waals surface area contributed by atoms with Gasteiger partial charge in [0.2, 0.25) is 0 Å². The SMILES string of the molecule is O=C(O)c1cc(F)cc(Cc2ccccn2)c1. The van der Waals surface area contributed by atoms with E-state index in [-0.39, 0.29) is 5.56 Å². The van der Waals surface area contributed by atoms with Crippen molar-refractivity contribution < 1.29 is 14.3 Å². The van der Waals surface area contributed by atoms with Crippen LogP contribution in [0.15, 0.2) is 42.6 Å². The highest BCUT2D eigenvalue weighted by atomic mass is 19.1. The lowest BCUT2D eigenvalue weighted by molar-refractivity contribution is 0.0696. The van der Waals surface area contributed by atoms with E-state index in [0.717, 1.165) is 11.8 Å². The van der Waals surface area contributed by atoms with Gasteiger partial charge in [-0.1, -0.05) is 6.07 Å². The normalized spacial score (nSPS) is 10.2. The number of aromatic nitrogens is 1. The van der Waals surface area contributed by atoms with Gasteiger partial charge in [0.25, 0.3) is 0 Å². The van der Waals surface area contributed by atoms with Crippen molar-refractivity contribution in [3.05, 3.63) is 65.2 Å². The molecule has 2 rings (SSSR count). The first-order valence-electron chi connectivity index (χ1n) is 5.08. The molecule has 0 atom stereocenters. The number of rotatable bonds is 3. The van der Waals surface area contributed by atoms with Gasteiger partial charge in [0.15, 0.2) is 0 Å². The van der Waals surface area contributed by atoms with Gasteiger partial charge in [-0.05, 0) is 35.9 Å². The number of nitrogens with zero attached hydrogens (tertiary/aromatic N) is 1. The summed E-state index contributed by atoms with van der Waals surface area (Å²) in [7, 11) is 0. The lowest BCUT2D eigenvalue weighted by Crippen LogP contribution is -2.00. The topological polar surface area (TPSA) is 50.2 Å². The Morgan fingerprint density at radius 1 is 1.29 bits per heavy atom. The van der Waals surface area contributed by atoms with Crippen molar-refractivity contribution in [2.24, 2.45) is 0 Å². The highest BCUT2D eigenvalue weighted by Crippen LogP contribution is 2.12. The zero-order valence-electron chi connectivity index (χ0n) is 8.93. The molecule has 1 aromatic carbocycles. The van der Waals surface area contributed by atoms with Gasteiger partial charge in [0.1, 0.15) is 5.82 Å². The quantitative estimate of drug-likeness (QED) is 0.882. The molecule has 1 N–H and O–H groups in total. The van der Waals surface area contributed by atoms with E-state index in [1.807, 2.05) is 12.1 Å². The van der Waals surface area contributed by atoms with E-state index in [0.29, 0.717) is 12.0 Å². The second-order valence-corrected chi connectivity index (χ2v) is 3.65. The second kappa shape index (κ2) is 4.74. The molecule has 0 amide bonds. The third-order valence-corrected chi connectivity index (χ3v) is 2.32. The van der Waals surface area contributed by atoms with Crippen molar-refractivity contribution in [2.45, 2.75) is 6.42 Å². The molecular formula is C13H10FNO2. The number of pyridine rings is 1. The molecule has 0 saturated heterocycles. The van der Waals surface area contributed by atoms with Crippen LogP contribution in [0.2, 0.25) is 0 Å². The lowest BCUT2D eigenvalue weighted by Gasteiger charge is -2.03. The molecule has 17 heavy (non-hydrogen) atoms. The van der Waals surface area contributed by atoms with E-state index >= 15 is 0 Å². The second-order valence-electron chi connectivity index (χ2n) is 3.65. The van der Waals surface area contributed by atoms with Crippen molar-refractivity contribution >= 4 is 5.97 Å². The van der Waals surface area contributed by atoms with Gasteiger partial charge in [0.05, 0.1) is 5.56 Å². The molecule has 0 spiro atoms. The van der Waals surface area contributed by atoms with E-state index in [4.69, 9.17) is 5.11 Å². The summed E-state index contributed by atoms with van der Waals surface area (Å²) in [6, 6.07) is 9.22. The number of carboxylic acids is 1. The predicted molar refractivity (Wildman–Crippen MR) is 60.4 cm³/mol. The van der Waals surface area contributed by atoms with Gasteiger partial charge in [-0.25, -0.2) is 9.18 Å². The van der Waals surface area contributed by atoms with Gasteiger partial charge in [0, 0.05) is 18.3 Å². The minimum absolute atomic E-state index is 0.0454. The summed E-state index contributed by atoms with van der Waals surface area (Å²) in [4.78, 5) is 14.9. The summed E-state index contributed by atoms with van der Waals surface area (Å²) in [5.41, 5.74) is 1.33. The average Bonchev–Trinajstić information content (AvgIpc) is 2.29. The fraction of sp³-hybridized carbons (Fsp3) is 0.0769. The van der Waals surface area contributed by atoms with Crippen LogP contribution < -0.4 is 0 Å². The summed E-state index contributed by atoms with van der Waals surface area (Å²) in [6.07, 6.45) is 2.06. The monoisotopic (exact) mass is 231 g/mol. The Balaban J connectivity index is 2.30. The Morgan fingerprint density at radius 3 is 2.76 bits per heavy atom. The number of hydrogen-bond donors (Lipinski definition) is 1. The van der Waals surface area contributed by atoms with Crippen molar-refractivity contribution in [2.75, 3.05) is 0 Å². The number of carbonyl (C=O) groups is 1. The number of carboxylic acid groups (broad SMARTS) is 1. The molecule has 1 heterocycles. The largest absolute Gasteiger partial charge is 0.478 e. The van der Waals surface area contributed by atoms with Crippen LogP contribution in [0.25, 0.3) is 0 Å². The molecule has 0 aliphatic heterocycles. The molecule has 0 saturated carbocycles. The maximum Gasteiger partial charge on any atom is 0.335 e. The van der Waals surface area contributed by atoms with Crippen LogP contribution in [0.1, 0.15) is 21.6 Å². The van der Waals surface area contributed by atoms with Crippen molar-refractivity contribution in [3.8, 4) is 0 Å². The molecule has 1 aromatic heterocycles. The third-order valence-electron chi connectivity index (χ3n) is 2.32. The van der Waals surface area contributed by atoms with E-state index in [2.05, 4.69) is 4.98 Å². The molecule has 0 bridgehead atoms. The third kappa shape index (κ3) is 2.87.